The minimum Gasteiger partial charge on any atom is -0.356 e. The number of carbonyl (C=O) groups is 1. The Bertz CT molecular complexity index is 600. The number of carbonyl (C=O) groups excluding carboxylic acids is 1. The quantitative estimate of drug-likeness (QED) is 0.734. The summed E-state index contributed by atoms with van der Waals surface area (Å²) in [5.74, 6) is 0.244. The van der Waals surface area contributed by atoms with Crippen LogP contribution in [0, 0.1) is 5.92 Å². The van der Waals surface area contributed by atoms with Crippen LogP contribution in [0.3, 0.4) is 0 Å². The SMILES string of the molecule is CC(C)CNC(=O)CCN(CCc1ccc(Cl)cc1)S(C)(=O)=O. The monoisotopic (exact) mass is 360 g/mol. The molecule has 0 heterocycles. The van der Waals surface area contributed by atoms with E-state index in [9.17, 15) is 13.2 Å². The summed E-state index contributed by atoms with van der Waals surface area (Å²) in [5.41, 5.74) is 1.01. The fraction of sp³-hybridized carbons (Fsp3) is 0.562. The zero-order valence-electron chi connectivity index (χ0n) is 13.9. The van der Waals surface area contributed by atoms with E-state index >= 15 is 0 Å². The second kappa shape index (κ2) is 9.25. The second-order valence-electron chi connectivity index (χ2n) is 5.99. The average Bonchev–Trinajstić information content (AvgIpc) is 2.45. The lowest BCUT2D eigenvalue weighted by Gasteiger charge is -2.20. The van der Waals surface area contributed by atoms with E-state index in [4.69, 9.17) is 11.6 Å². The van der Waals surface area contributed by atoms with E-state index in [1.165, 1.54) is 10.6 Å². The fourth-order valence-corrected chi connectivity index (χ4v) is 2.95. The predicted octanol–water partition coefficient (Wildman–Crippen LogP) is 2.31. The minimum atomic E-state index is -3.34. The Kier molecular flexibility index (Phi) is 8.02. The minimum absolute atomic E-state index is 0.126. The van der Waals surface area contributed by atoms with Crippen molar-refractivity contribution in [2.45, 2.75) is 26.7 Å². The highest BCUT2D eigenvalue weighted by atomic mass is 35.5. The summed E-state index contributed by atoms with van der Waals surface area (Å²) in [6, 6.07) is 7.30. The molecule has 0 unspecified atom stereocenters. The Morgan fingerprint density at radius 2 is 1.83 bits per heavy atom. The van der Waals surface area contributed by atoms with Gasteiger partial charge in [-0.25, -0.2) is 12.7 Å². The zero-order valence-corrected chi connectivity index (χ0v) is 15.5. The number of nitrogens with zero attached hydrogens (tertiary/aromatic N) is 1. The molecule has 0 aliphatic rings. The van der Waals surface area contributed by atoms with Gasteiger partial charge in [-0.2, -0.15) is 0 Å². The molecule has 0 saturated heterocycles. The lowest BCUT2D eigenvalue weighted by molar-refractivity contribution is -0.121. The van der Waals surface area contributed by atoms with Crippen LogP contribution in [0.1, 0.15) is 25.8 Å². The number of rotatable bonds is 9. The smallest absolute Gasteiger partial charge is 0.221 e. The average molecular weight is 361 g/mol. The summed E-state index contributed by atoms with van der Waals surface area (Å²) >= 11 is 5.83. The lowest BCUT2D eigenvalue weighted by Crippen LogP contribution is -2.36. The summed E-state index contributed by atoms with van der Waals surface area (Å²) in [7, 11) is -3.34. The van der Waals surface area contributed by atoms with Crippen molar-refractivity contribution in [1.29, 1.82) is 0 Å². The molecule has 7 heteroatoms. The van der Waals surface area contributed by atoms with Gasteiger partial charge in [-0.15, -0.1) is 0 Å². The number of hydrogen-bond acceptors (Lipinski definition) is 3. The third kappa shape index (κ3) is 8.34. The van der Waals surface area contributed by atoms with Gasteiger partial charge in [0.15, 0.2) is 0 Å². The number of benzene rings is 1. The van der Waals surface area contributed by atoms with Crippen molar-refractivity contribution in [2.24, 2.45) is 5.92 Å². The highest BCUT2D eigenvalue weighted by Gasteiger charge is 2.17. The molecule has 0 radical (unpaired) electrons. The molecule has 5 nitrogen and oxygen atoms in total. The van der Waals surface area contributed by atoms with Gasteiger partial charge in [0, 0.05) is 31.1 Å². The Morgan fingerprint density at radius 3 is 2.35 bits per heavy atom. The molecular weight excluding hydrogens is 336 g/mol. The van der Waals surface area contributed by atoms with Crippen molar-refractivity contribution in [3.8, 4) is 0 Å². The maximum Gasteiger partial charge on any atom is 0.221 e. The van der Waals surface area contributed by atoms with Crippen molar-refractivity contribution in [1.82, 2.24) is 9.62 Å². The van der Waals surface area contributed by atoms with Gasteiger partial charge in [-0.1, -0.05) is 37.6 Å². The summed E-state index contributed by atoms with van der Waals surface area (Å²) in [5, 5.41) is 3.44. The van der Waals surface area contributed by atoms with Gasteiger partial charge in [-0.05, 0) is 30.0 Å². The molecule has 1 rings (SSSR count). The summed E-state index contributed by atoms with van der Waals surface area (Å²) in [6.07, 6.45) is 1.92. The Hall–Kier alpha value is -1.11. The number of sulfonamides is 1. The summed E-state index contributed by atoms with van der Waals surface area (Å²) in [6.45, 7) is 5.15. The van der Waals surface area contributed by atoms with Crippen LogP contribution in [0.5, 0.6) is 0 Å². The molecule has 0 fully saturated rings. The van der Waals surface area contributed by atoms with Gasteiger partial charge < -0.3 is 5.32 Å². The van der Waals surface area contributed by atoms with E-state index in [2.05, 4.69) is 5.32 Å². The Morgan fingerprint density at radius 1 is 1.22 bits per heavy atom. The largest absolute Gasteiger partial charge is 0.356 e. The van der Waals surface area contributed by atoms with Crippen LogP contribution in [0.25, 0.3) is 0 Å². The van der Waals surface area contributed by atoms with Crippen molar-refractivity contribution in [3.05, 3.63) is 34.9 Å². The van der Waals surface area contributed by atoms with Gasteiger partial charge in [-0.3, -0.25) is 4.79 Å². The van der Waals surface area contributed by atoms with Crippen molar-refractivity contribution < 1.29 is 13.2 Å². The molecule has 0 aromatic heterocycles. The molecule has 0 saturated carbocycles. The fourth-order valence-electron chi connectivity index (χ4n) is 1.98. The normalized spacial score (nSPS) is 11.9. The molecule has 23 heavy (non-hydrogen) atoms. The third-order valence-electron chi connectivity index (χ3n) is 3.33. The first-order chi connectivity index (χ1) is 10.7. The van der Waals surface area contributed by atoms with E-state index in [0.717, 1.165) is 5.56 Å². The van der Waals surface area contributed by atoms with Crippen molar-refractivity contribution in [2.75, 3.05) is 25.9 Å². The Labute approximate surface area is 144 Å². The molecule has 1 aromatic rings. The molecule has 0 spiro atoms. The van der Waals surface area contributed by atoms with E-state index < -0.39 is 10.0 Å². The molecule has 1 aromatic carbocycles. The van der Waals surface area contributed by atoms with Crippen LogP contribution in [-0.2, 0) is 21.2 Å². The highest BCUT2D eigenvalue weighted by Crippen LogP contribution is 2.11. The van der Waals surface area contributed by atoms with Crippen LogP contribution in [0.15, 0.2) is 24.3 Å². The molecule has 1 N–H and O–H groups in total. The molecule has 0 aliphatic carbocycles. The first kappa shape index (κ1) is 19.9. The van der Waals surface area contributed by atoms with Gasteiger partial charge in [0.1, 0.15) is 0 Å². The zero-order chi connectivity index (χ0) is 17.5. The first-order valence-corrected chi connectivity index (χ1v) is 9.87. The van der Waals surface area contributed by atoms with Gasteiger partial charge in [0.05, 0.1) is 6.26 Å². The van der Waals surface area contributed by atoms with Crippen LogP contribution in [0.2, 0.25) is 5.02 Å². The predicted molar refractivity (Wildman–Crippen MR) is 94.0 cm³/mol. The van der Waals surface area contributed by atoms with Crippen LogP contribution < -0.4 is 5.32 Å². The van der Waals surface area contributed by atoms with E-state index in [1.807, 2.05) is 26.0 Å². The van der Waals surface area contributed by atoms with E-state index in [-0.39, 0.29) is 18.9 Å². The lowest BCUT2D eigenvalue weighted by atomic mass is 10.1. The molecular formula is C16H25ClN2O3S. The molecule has 0 bridgehead atoms. The van der Waals surface area contributed by atoms with Crippen molar-refractivity contribution >= 4 is 27.5 Å². The number of halogens is 1. The standard InChI is InChI=1S/C16H25ClN2O3S/c1-13(2)12-18-16(20)9-11-19(23(3,21)22)10-8-14-4-6-15(17)7-5-14/h4-7,13H,8-12H2,1-3H3,(H,18,20). The Balaban J connectivity index is 2.53. The number of amides is 1. The first-order valence-electron chi connectivity index (χ1n) is 7.64. The topological polar surface area (TPSA) is 66.5 Å². The van der Waals surface area contributed by atoms with E-state index in [1.54, 1.807) is 12.1 Å². The number of hydrogen-bond donors (Lipinski definition) is 1. The van der Waals surface area contributed by atoms with E-state index in [0.29, 0.717) is 30.5 Å². The van der Waals surface area contributed by atoms with Crippen molar-refractivity contribution in [3.63, 3.8) is 0 Å². The summed E-state index contributed by atoms with van der Waals surface area (Å²) < 4.78 is 25.1. The van der Waals surface area contributed by atoms with Gasteiger partial charge in [0.2, 0.25) is 15.9 Å². The molecule has 130 valence electrons. The molecule has 1 amide bonds. The van der Waals surface area contributed by atoms with Crippen LogP contribution in [0.4, 0.5) is 0 Å². The molecule has 0 aliphatic heterocycles. The number of nitrogens with one attached hydrogen (secondary N) is 1. The van der Waals surface area contributed by atoms with Crippen LogP contribution >= 0.6 is 11.6 Å². The molecule has 0 atom stereocenters. The maximum absolute atomic E-state index is 11.9. The van der Waals surface area contributed by atoms with Gasteiger partial charge >= 0.3 is 0 Å². The second-order valence-corrected chi connectivity index (χ2v) is 8.41. The van der Waals surface area contributed by atoms with Gasteiger partial charge in [0.25, 0.3) is 0 Å². The van der Waals surface area contributed by atoms with Crippen LogP contribution in [-0.4, -0.2) is 44.5 Å². The summed E-state index contributed by atoms with van der Waals surface area (Å²) in [4.78, 5) is 11.7. The third-order valence-corrected chi connectivity index (χ3v) is 4.88. The maximum atomic E-state index is 11.9. The highest BCUT2D eigenvalue weighted by molar-refractivity contribution is 7.88.